The first-order chi connectivity index (χ1) is 14.2. The number of amides is 1. The molecule has 4 rings (SSSR count). The zero-order valence-corrected chi connectivity index (χ0v) is 17.6. The molecule has 1 aromatic carbocycles. The van der Waals surface area contributed by atoms with Gasteiger partial charge in [-0.05, 0) is 50.9 Å². The number of benzene rings is 1. The van der Waals surface area contributed by atoms with E-state index < -0.39 is 0 Å². The monoisotopic (exact) mass is 393 g/mol. The van der Waals surface area contributed by atoms with Crippen LogP contribution in [0.25, 0.3) is 11.4 Å². The molecule has 1 heterocycles. The molecular weight excluding hydrogens is 362 g/mol. The van der Waals surface area contributed by atoms with Gasteiger partial charge in [0, 0.05) is 30.6 Å². The molecule has 5 nitrogen and oxygen atoms in total. The van der Waals surface area contributed by atoms with Gasteiger partial charge in [0.15, 0.2) is 5.82 Å². The molecule has 29 heavy (non-hydrogen) atoms. The van der Waals surface area contributed by atoms with Crippen molar-refractivity contribution in [1.82, 2.24) is 14.9 Å². The number of aromatic nitrogens is 2. The number of nitrogens with zero attached hydrogens (tertiary/aromatic N) is 3. The van der Waals surface area contributed by atoms with Gasteiger partial charge in [0.25, 0.3) is 0 Å². The number of carbonyl (C=O) groups is 1. The number of rotatable bonds is 7. The summed E-state index contributed by atoms with van der Waals surface area (Å²) in [6.45, 7) is 3.66. The highest BCUT2D eigenvalue weighted by Crippen LogP contribution is 2.34. The number of carbonyl (C=O) groups excluding carboxylic acids is 1. The lowest BCUT2D eigenvalue weighted by molar-refractivity contribution is -0.134. The summed E-state index contributed by atoms with van der Waals surface area (Å²) in [4.78, 5) is 24.4. The molecule has 0 saturated heterocycles. The summed E-state index contributed by atoms with van der Waals surface area (Å²) >= 11 is 0. The van der Waals surface area contributed by atoms with E-state index in [1.165, 1.54) is 12.8 Å². The van der Waals surface area contributed by atoms with Crippen molar-refractivity contribution in [2.75, 3.05) is 20.2 Å². The second-order valence-corrected chi connectivity index (χ2v) is 8.43. The molecule has 1 fully saturated rings. The van der Waals surface area contributed by atoms with Gasteiger partial charge in [-0.1, -0.05) is 37.3 Å². The molecule has 1 aromatic heterocycles. The minimum Gasteiger partial charge on any atom is -0.477 e. The van der Waals surface area contributed by atoms with Crippen LogP contribution in [0.2, 0.25) is 0 Å². The first-order valence-electron chi connectivity index (χ1n) is 11.0. The molecule has 1 saturated carbocycles. The van der Waals surface area contributed by atoms with E-state index >= 15 is 0 Å². The fraction of sp³-hybridized carbons (Fsp3) is 0.542. The van der Waals surface area contributed by atoms with Gasteiger partial charge in [0.1, 0.15) is 0 Å². The van der Waals surface area contributed by atoms with Crippen molar-refractivity contribution >= 4 is 5.91 Å². The fourth-order valence-electron chi connectivity index (χ4n) is 4.06. The molecule has 2 aromatic rings. The molecule has 2 aliphatic carbocycles. The maximum atomic E-state index is 12.8. The Balaban J connectivity index is 1.60. The molecule has 0 N–H and O–H groups in total. The normalized spacial score (nSPS) is 18.6. The van der Waals surface area contributed by atoms with Gasteiger partial charge in [0.05, 0.1) is 12.3 Å². The van der Waals surface area contributed by atoms with Crippen LogP contribution in [0.3, 0.4) is 0 Å². The number of aryl methyl sites for hydroxylation is 1. The van der Waals surface area contributed by atoms with E-state index in [-0.39, 0.29) is 11.8 Å². The van der Waals surface area contributed by atoms with Gasteiger partial charge in [-0.2, -0.15) is 4.98 Å². The maximum Gasteiger partial charge on any atom is 0.225 e. The zero-order chi connectivity index (χ0) is 20.2. The van der Waals surface area contributed by atoms with E-state index in [0.29, 0.717) is 5.92 Å². The molecule has 1 atom stereocenters. The lowest BCUT2D eigenvalue weighted by atomic mass is 9.98. The lowest BCUT2D eigenvalue weighted by Crippen LogP contribution is -2.33. The van der Waals surface area contributed by atoms with Crippen molar-refractivity contribution in [1.29, 1.82) is 0 Å². The van der Waals surface area contributed by atoms with Crippen LogP contribution in [0.5, 0.6) is 5.88 Å². The van der Waals surface area contributed by atoms with Gasteiger partial charge in [0.2, 0.25) is 11.8 Å². The Morgan fingerprint density at radius 2 is 1.86 bits per heavy atom. The van der Waals surface area contributed by atoms with Crippen molar-refractivity contribution in [3.05, 3.63) is 41.6 Å². The third kappa shape index (κ3) is 4.77. The number of hydrogen-bond acceptors (Lipinski definition) is 4. The molecule has 0 radical (unpaired) electrons. The van der Waals surface area contributed by atoms with Gasteiger partial charge in [-0.25, -0.2) is 4.98 Å². The Kier molecular flexibility index (Phi) is 6.12. The minimum atomic E-state index is 0.0530. The van der Waals surface area contributed by atoms with Crippen molar-refractivity contribution in [2.24, 2.45) is 11.8 Å². The van der Waals surface area contributed by atoms with Crippen LogP contribution < -0.4 is 4.74 Å². The van der Waals surface area contributed by atoms with E-state index in [4.69, 9.17) is 14.7 Å². The van der Waals surface area contributed by atoms with Crippen molar-refractivity contribution in [3.8, 4) is 17.3 Å². The smallest absolute Gasteiger partial charge is 0.225 e. The van der Waals surface area contributed by atoms with Crippen LogP contribution >= 0.6 is 0 Å². The Labute approximate surface area is 173 Å². The van der Waals surface area contributed by atoms with Gasteiger partial charge in [-0.15, -0.1) is 0 Å². The third-order valence-corrected chi connectivity index (χ3v) is 6.00. The summed E-state index contributed by atoms with van der Waals surface area (Å²) < 4.78 is 6.18. The average Bonchev–Trinajstić information content (AvgIpc) is 3.59. The van der Waals surface area contributed by atoms with E-state index in [2.05, 4.69) is 6.92 Å². The van der Waals surface area contributed by atoms with Gasteiger partial charge >= 0.3 is 0 Å². The summed E-state index contributed by atoms with van der Waals surface area (Å²) in [6.07, 6.45) is 6.77. The van der Waals surface area contributed by atoms with Crippen LogP contribution in [0.1, 0.15) is 50.3 Å². The van der Waals surface area contributed by atoms with Gasteiger partial charge < -0.3 is 9.64 Å². The highest BCUT2D eigenvalue weighted by molar-refractivity contribution is 5.78. The Morgan fingerprint density at radius 3 is 2.59 bits per heavy atom. The molecule has 0 spiro atoms. The quantitative estimate of drug-likeness (QED) is 0.658. The number of hydrogen-bond donors (Lipinski definition) is 0. The topological polar surface area (TPSA) is 55.3 Å². The van der Waals surface area contributed by atoms with E-state index in [1.807, 2.05) is 42.3 Å². The molecule has 1 amide bonds. The van der Waals surface area contributed by atoms with Crippen LogP contribution in [0, 0.1) is 11.8 Å². The maximum absolute atomic E-state index is 12.8. The summed E-state index contributed by atoms with van der Waals surface area (Å²) in [5, 5.41) is 0. The molecule has 1 unspecified atom stereocenters. The first-order valence-corrected chi connectivity index (χ1v) is 11.0. The van der Waals surface area contributed by atoms with Crippen LogP contribution in [-0.4, -0.2) is 41.0 Å². The summed E-state index contributed by atoms with van der Waals surface area (Å²) in [6, 6.07) is 10.1. The van der Waals surface area contributed by atoms with E-state index in [1.54, 1.807) is 0 Å². The van der Waals surface area contributed by atoms with Gasteiger partial charge in [-0.3, -0.25) is 4.79 Å². The summed E-state index contributed by atoms with van der Waals surface area (Å²) in [7, 11) is 1.92. The molecule has 5 heteroatoms. The Morgan fingerprint density at radius 1 is 1.10 bits per heavy atom. The van der Waals surface area contributed by atoms with E-state index in [0.717, 1.165) is 73.8 Å². The number of fused-ring (bicyclic) bond motifs is 1. The second-order valence-electron chi connectivity index (χ2n) is 8.43. The van der Waals surface area contributed by atoms with Crippen LogP contribution in [0.15, 0.2) is 30.3 Å². The number of ether oxygens (including phenoxy) is 1. The fourth-order valence-corrected chi connectivity index (χ4v) is 4.06. The molecule has 0 aliphatic heterocycles. The molecular formula is C24H31N3O2. The lowest BCUT2D eigenvalue weighted by Gasteiger charge is -2.22. The van der Waals surface area contributed by atoms with Crippen molar-refractivity contribution < 1.29 is 9.53 Å². The third-order valence-electron chi connectivity index (χ3n) is 6.00. The highest BCUT2D eigenvalue weighted by atomic mass is 16.5. The highest BCUT2D eigenvalue weighted by Gasteiger charge is 2.29. The summed E-state index contributed by atoms with van der Waals surface area (Å²) in [5.74, 6) is 2.44. The SMILES string of the molecule is CCCN(C)C(=O)C1CCc2nc(-c3ccccc3)nc(OCC3CC3)c2CC1. The molecule has 2 aliphatic rings. The van der Waals surface area contributed by atoms with Crippen molar-refractivity contribution in [2.45, 2.75) is 51.9 Å². The predicted molar refractivity (Wildman–Crippen MR) is 114 cm³/mol. The summed E-state index contributed by atoms with van der Waals surface area (Å²) in [5.41, 5.74) is 3.17. The van der Waals surface area contributed by atoms with Crippen molar-refractivity contribution in [3.63, 3.8) is 0 Å². The average molecular weight is 394 g/mol. The Bertz CT molecular complexity index is 849. The largest absolute Gasteiger partial charge is 0.477 e. The first kappa shape index (κ1) is 19.9. The molecule has 154 valence electrons. The van der Waals surface area contributed by atoms with Crippen LogP contribution in [-0.2, 0) is 17.6 Å². The predicted octanol–water partition coefficient (Wildman–Crippen LogP) is 4.30. The van der Waals surface area contributed by atoms with Crippen LogP contribution in [0.4, 0.5) is 0 Å². The Hall–Kier alpha value is -2.43. The standard InChI is InChI=1S/C24H31N3O2/c1-3-15-27(2)24(28)19-11-13-20-21(14-12-19)25-22(18-7-5-4-6-8-18)26-23(20)29-16-17-9-10-17/h4-8,17,19H,3,9-16H2,1-2H3. The zero-order valence-electron chi connectivity index (χ0n) is 17.6. The molecule has 0 bridgehead atoms. The van der Waals surface area contributed by atoms with E-state index in [9.17, 15) is 4.79 Å². The second kappa shape index (κ2) is 8.93. The minimum absolute atomic E-state index is 0.0530.